The number of aryl methyl sites for hydroxylation is 1. The summed E-state index contributed by atoms with van der Waals surface area (Å²) in [6, 6.07) is 17.7. The number of rotatable bonds is 6. The standard InChI is InChI=1S/C28H29N5O2/c1-18(2)33-27-24(16-29-33)23(15-25(31-27)22-11-5-4-8-19(22)3)28(35)30-21-10-6-9-20(14-21)17-32-13-7-12-26(32)34/h4-6,8-11,14-16,18H,7,12-13,17H2,1-3H3,(H,30,35). The number of pyridine rings is 1. The van der Waals surface area contributed by atoms with E-state index < -0.39 is 0 Å². The molecular weight excluding hydrogens is 438 g/mol. The Morgan fingerprint density at radius 2 is 1.94 bits per heavy atom. The second-order valence-electron chi connectivity index (χ2n) is 9.36. The Kier molecular flexibility index (Phi) is 6.07. The second-order valence-corrected chi connectivity index (χ2v) is 9.36. The van der Waals surface area contributed by atoms with Crippen molar-refractivity contribution in [1.82, 2.24) is 19.7 Å². The van der Waals surface area contributed by atoms with Gasteiger partial charge >= 0.3 is 0 Å². The molecule has 0 aliphatic carbocycles. The summed E-state index contributed by atoms with van der Waals surface area (Å²) in [5, 5.41) is 8.28. The lowest BCUT2D eigenvalue weighted by molar-refractivity contribution is -0.128. The fourth-order valence-corrected chi connectivity index (χ4v) is 4.62. The van der Waals surface area contributed by atoms with Crippen molar-refractivity contribution < 1.29 is 9.59 Å². The molecule has 1 saturated heterocycles. The van der Waals surface area contributed by atoms with Crippen LogP contribution in [-0.4, -0.2) is 38.0 Å². The van der Waals surface area contributed by atoms with Crippen LogP contribution in [0, 0.1) is 6.92 Å². The minimum Gasteiger partial charge on any atom is -0.338 e. The van der Waals surface area contributed by atoms with Gasteiger partial charge in [0.15, 0.2) is 5.65 Å². The van der Waals surface area contributed by atoms with Crippen molar-refractivity contribution in [3.05, 3.63) is 77.5 Å². The minimum atomic E-state index is -0.218. The van der Waals surface area contributed by atoms with Crippen LogP contribution in [0.25, 0.3) is 22.3 Å². The summed E-state index contributed by atoms with van der Waals surface area (Å²) >= 11 is 0. The molecule has 0 radical (unpaired) electrons. The topological polar surface area (TPSA) is 80.1 Å². The Morgan fingerprint density at radius 1 is 1.11 bits per heavy atom. The molecule has 2 aromatic carbocycles. The molecule has 3 heterocycles. The molecule has 7 heteroatoms. The monoisotopic (exact) mass is 467 g/mol. The zero-order valence-electron chi connectivity index (χ0n) is 20.3. The van der Waals surface area contributed by atoms with Gasteiger partial charge in [0, 0.05) is 36.8 Å². The van der Waals surface area contributed by atoms with Gasteiger partial charge in [0.25, 0.3) is 5.91 Å². The zero-order valence-corrected chi connectivity index (χ0v) is 20.3. The number of carbonyl (C=O) groups excluding carboxylic acids is 2. The minimum absolute atomic E-state index is 0.105. The molecule has 0 saturated carbocycles. The number of anilines is 1. The SMILES string of the molecule is Cc1ccccc1-c1cc(C(=O)Nc2cccc(CN3CCCC3=O)c2)c2cnn(C(C)C)c2n1. The van der Waals surface area contributed by atoms with Crippen molar-refractivity contribution in [3.63, 3.8) is 0 Å². The summed E-state index contributed by atoms with van der Waals surface area (Å²) in [6.45, 7) is 7.47. The third kappa shape index (κ3) is 4.54. The lowest BCUT2D eigenvalue weighted by Crippen LogP contribution is -2.23. The van der Waals surface area contributed by atoms with Crippen LogP contribution in [0.15, 0.2) is 60.8 Å². The van der Waals surface area contributed by atoms with Crippen molar-refractivity contribution in [3.8, 4) is 11.3 Å². The van der Waals surface area contributed by atoms with E-state index in [0.717, 1.165) is 35.3 Å². The fourth-order valence-electron chi connectivity index (χ4n) is 4.62. The van der Waals surface area contributed by atoms with E-state index in [0.29, 0.717) is 35.2 Å². The van der Waals surface area contributed by atoms with Crippen LogP contribution in [0.1, 0.15) is 54.2 Å². The first-order valence-corrected chi connectivity index (χ1v) is 12.0. The van der Waals surface area contributed by atoms with Crippen LogP contribution in [0.2, 0.25) is 0 Å². The molecule has 7 nitrogen and oxygen atoms in total. The molecule has 1 aliphatic heterocycles. The highest BCUT2D eigenvalue weighted by atomic mass is 16.2. The van der Waals surface area contributed by atoms with Gasteiger partial charge in [-0.3, -0.25) is 9.59 Å². The van der Waals surface area contributed by atoms with Gasteiger partial charge in [0.2, 0.25) is 5.91 Å². The zero-order chi connectivity index (χ0) is 24.5. The number of nitrogens with one attached hydrogen (secondary N) is 1. The van der Waals surface area contributed by atoms with E-state index in [1.165, 1.54) is 0 Å². The van der Waals surface area contributed by atoms with Crippen molar-refractivity contribution in [2.24, 2.45) is 0 Å². The van der Waals surface area contributed by atoms with Gasteiger partial charge in [-0.1, -0.05) is 36.4 Å². The van der Waals surface area contributed by atoms with Crippen LogP contribution in [0.3, 0.4) is 0 Å². The third-order valence-corrected chi connectivity index (χ3v) is 6.45. The molecule has 35 heavy (non-hydrogen) atoms. The Labute approximate surface area is 204 Å². The van der Waals surface area contributed by atoms with E-state index in [-0.39, 0.29) is 17.9 Å². The molecule has 0 bridgehead atoms. The number of benzene rings is 2. The highest BCUT2D eigenvalue weighted by Crippen LogP contribution is 2.29. The molecule has 5 rings (SSSR count). The van der Waals surface area contributed by atoms with Gasteiger partial charge in [-0.2, -0.15) is 5.10 Å². The first-order chi connectivity index (χ1) is 16.9. The first kappa shape index (κ1) is 22.8. The Morgan fingerprint density at radius 3 is 2.69 bits per heavy atom. The maximum atomic E-state index is 13.5. The predicted molar refractivity (Wildman–Crippen MR) is 137 cm³/mol. The Balaban J connectivity index is 1.50. The molecule has 0 unspecified atom stereocenters. The van der Waals surface area contributed by atoms with E-state index in [2.05, 4.69) is 10.4 Å². The molecule has 178 valence electrons. The fraction of sp³-hybridized carbons (Fsp3) is 0.286. The van der Waals surface area contributed by atoms with E-state index in [1.54, 1.807) is 6.20 Å². The number of carbonyl (C=O) groups is 2. The average molecular weight is 468 g/mol. The number of hydrogen-bond donors (Lipinski definition) is 1. The molecule has 1 N–H and O–H groups in total. The Hall–Kier alpha value is -4.00. The molecule has 4 aromatic rings. The van der Waals surface area contributed by atoms with Gasteiger partial charge in [0.1, 0.15) is 0 Å². The summed E-state index contributed by atoms with van der Waals surface area (Å²) in [4.78, 5) is 32.3. The van der Waals surface area contributed by atoms with Crippen LogP contribution < -0.4 is 5.32 Å². The van der Waals surface area contributed by atoms with Crippen molar-refractivity contribution in [2.45, 2.75) is 46.2 Å². The maximum absolute atomic E-state index is 13.5. The summed E-state index contributed by atoms with van der Waals surface area (Å²) in [5.74, 6) is -0.0329. The molecule has 1 aliphatic rings. The highest BCUT2D eigenvalue weighted by Gasteiger charge is 2.21. The molecule has 2 aromatic heterocycles. The summed E-state index contributed by atoms with van der Waals surface area (Å²) in [7, 11) is 0. The number of hydrogen-bond acceptors (Lipinski definition) is 4. The summed E-state index contributed by atoms with van der Waals surface area (Å²) in [6.07, 6.45) is 3.23. The smallest absolute Gasteiger partial charge is 0.256 e. The largest absolute Gasteiger partial charge is 0.338 e. The second kappa shape index (κ2) is 9.33. The molecule has 0 atom stereocenters. The van der Waals surface area contributed by atoms with Gasteiger partial charge in [0.05, 0.1) is 22.8 Å². The van der Waals surface area contributed by atoms with Crippen LogP contribution >= 0.6 is 0 Å². The average Bonchev–Trinajstić information content (AvgIpc) is 3.45. The van der Waals surface area contributed by atoms with E-state index in [9.17, 15) is 9.59 Å². The first-order valence-electron chi connectivity index (χ1n) is 12.0. The van der Waals surface area contributed by atoms with Gasteiger partial charge in [-0.15, -0.1) is 0 Å². The van der Waals surface area contributed by atoms with Crippen molar-refractivity contribution >= 4 is 28.5 Å². The maximum Gasteiger partial charge on any atom is 0.256 e. The highest BCUT2D eigenvalue weighted by molar-refractivity contribution is 6.12. The number of nitrogens with zero attached hydrogens (tertiary/aromatic N) is 4. The van der Waals surface area contributed by atoms with Gasteiger partial charge in [-0.25, -0.2) is 9.67 Å². The van der Waals surface area contributed by atoms with E-state index in [1.807, 2.05) is 85.0 Å². The van der Waals surface area contributed by atoms with Crippen molar-refractivity contribution in [1.29, 1.82) is 0 Å². The van der Waals surface area contributed by atoms with E-state index >= 15 is 0 Å². The van der Waals surface area contributed by atoms with Gasteiger partial charge < -0.3 is 10.2 Å². The van der Waals surface area contributed by atoms with Gasteiger partial charge in [-0.05, 0) is 56.5 Å². The van der Waals surface area contributed by atoms with Crippen molar-refractivity contribution in [2.75, 3.05) is 11.9 Å². The summed E-state index contributed by atoms with van der Waals surface area (Å²) in [5.41, 5.74) is 5.71. The molecule has 1 fully saturated rings. The molecule has 0 spiro atoms. The predicted octanol–water partition coefficient (Wildman–Crippen LogP) is 5.36. The van der Waals surface area contributed by atoms with Crippen LogP contribution in [-0.2, 0) is 11.3 Å². The summed E-state index contributed by atoms with van der Waals surface area (Å²) < 4.78 is 1.85. The van der Waals surface area contributed by atoms with Crippen LogP contribution in [0.4, 0.5) is 5.69 Å². The Bertz CT molecular complexity index is 1420. The molecular formula is C28H29N5O2. The number of likely N-dealkylation sites (tertiary alicyclic amines) is 1. The van der Waals surface area contributed by atoms with Crippen LogP contribution in [0.5, 0.6) is 0 Å². The number of amides is 2. The quantitative estimate of drug-likeness (QED) is 0.414. The lowest BCUT2D eigenvalue weighted by Gasteiger charge is -2.16. The normalized spacial score (nSPS) is 13.7. The van der Waals surface area contributed by atoms with E-state index in [4.69, 9.17) is 4.98 Å². The molecule has 2 amide bonds. The lowest BCUT2D eigenvalue weighted by atomic mass is 10.0. The number of fused-ring (bicyclic) bond motifs is 1. The number of aromatic nitrogens is 3. The third-order valence-electron chi connectivity index (χ3n) is 6.45.